The maximum Gasteiger partial charge on any atom is 0.254 e. The Morgan fingerprint density at radius 3 is 2.95 bits per heavy atom. The molecule has 5 nitrogen and oxygen atoms in total. The molecule has 3 aliphatic heterocycles. The highest BCUT2D eigenvalue weighted by molar-refractivity contribution is 6.04. The second-order valence-corrected chi connectivity index (χ2v) is 5.71. The Bertz CT molecular complexity index is 643. The Hall–Kier alpha value is -1.88. The highest BCUT2D eigenvalue weighted by Crippen LogP contribution is 2.30. The monoisotopic (exact) mass is 271 g/mol. The average molecular weight is 271 g/mol. The van der Waals surface area contributed by atoms with E-state index in [0.29, 0.717) is 16.7 Å². The van der Waals surface area contributed by atoms with Crippen LogP contribution >= 0.6 is 0 Å². The van der Waals surface area contributed by atoms with Gasteiger partial charge in [-0.3, -0.25) is 9.69 Å². The van der Waals surface area contributed by atoms with Crippen molar-refractivity contribution in [2.45, 2.75) is 25.4 Å². The van der Waals surface area contributed by atoms with E-state index in [1.807, 2.05) is 12.1 Å². The third-order valence-corrected chi connectivity index (χ3v) is 4.55. The van der Waals surface area contributed by atoms with Crippen molar-refractivity contribution in [2.24, 2.45) is 5.92 Å². The molecule has 0 aliphatic carbocycles. The second kappa shape index (κ2) is 4.59. The maximum atomic E-state index is 12.5. The molecule has 5 rings (SSSR count). The summed E-state index contributed by atoms with van der Waals surface area (Å²) in [5, 5.41) is 3.15. The molecule has 2 aromatic rings. The Kier molecular flexibility index (Phi) is 2.73. The number of piperidine rings is 3. The van der Waals surface area contributed by atoms with Gasteiger partial charge in [-0.05, 0) is 37.3 Å². The zero-order chi connectivity index (χ0) is 13.5. The molecule has 1 amide bonds. The molecule has 2 bridgehead atoms. The largest absolute Gasteiger partial charge is 0.443 e. The number of benzene rings is 1. The number of nitrogens with one attached hydrogen (secondary N) is 1. The van der Waals surface area contributed by atoms with Gasteiger partial charge < -0.3 is 9.73 Å². The quantitative estimate of drug-likeness (QED) is 0.907. The van der Waals surface area contributed by atoms with Crippen LogP contribution < -0.4 is 5.32 Å². The summed E-state index contributed by atoms with van der Waals surface area (Å²) in [4.78, 5) is 19.0. The number of rotatable bonds is 2. The van der Waals surface area contributed by atoms with Crippen molar-refractivity contribution < 1.29 is 9.21 Å². The molecule has 0 saturated carbocycles. The topological polar surface area (TPSA) is 58.4 Å². The van der Waals surface area contributed by atoms with Crippen molar-refractivity contribution in [3.05, 3.63) is 30.2 Å². The third-order valence-electron chi connectivity index (χ3n) is 4.55. The molecule has 20 heavy (non-hydrogen) atoms. The summed E-state index contributed by atoms with van der Waals surface area (Å²) >= 11 is 0. The number of carbonyl (C=O) groups is 1. The van der Waals surface area contributed by atoms with E-state index >= 15 is 0 Å². The number of nitrogens with zero attached hydrogens (tertiary/aromatic N) is 2. The van der Waals surface area contributed by atoms with E-state index in [1.54, 1.807) is 6.07 Å². The van der Waals surface area contributed by atoms with Crippen LogP contribution in [0.25, 0.3) is 11.1 Å². The summed E-state index contributed by atoms with van der Waals surface area (Å²) in [7, 11) is 0. The first-order valence-corrected chi connectivity index (χ1v) is 7.18. The van der Waals surface area contributed by atoms with E-state index in [2.05, 4.69) is 15.2 Å². The van der Waals surface area contributed by atoms with Crippen LogP contribution in [0, 0.1) is 5.92 Å². The number of oxazole rings is 1. The standard InChI is InChI=1S/C15H17N3O2/c19-15(11-2-1-3-12-14(11)16-9-20-12)17-13-8-10-4-6-18(13)7-5-10/h1-3,9-10,13H,4-8H2,(H,17,19). The molecule has 3 aliphatic rings. The van der Waals surface area contributed by atoms with Crippen molar-refractivity contribution in [3.8, 4) is 0 Å². The van der Waals surface area contributed by atoms with E-state index < -0.39 is 0 Å². The Morgan fingerprint density at radius 2 is 2.20 bits per heavy atom. The normalized spacial score (nSPS) is 28.7. The summed E-state index contributed by atoms with van der Waals surface area (Å²) in [6.45, 7) is 2.20. The van der Waals surface area contributed by atoms with Gasteiger partial charge in [-0.25, -0.2) is 4.98 Å². The first-order valence-electron chi connectivity index (χ1n) is 7.18. The molecule has 1 aromatic carbocycles. The fourth-order valence-corrected chi connectivity index (χ4v) is 3.41. The molecule has 0 spiro atoms. The van der Waals surface area contributed by atoms with Crippen LogP contribution in [-0.4, -0.2) is 35.0 Å². The number of fused-ring (bicyclic) bond motifs is 4. The molecule has 1 unspecified atom stereocenters. The molecule has 0 radical (unpaired) electrons. The summed E-state index contributed by atoms with van der Waals surface area (Å²) in [6.07, 6.45) is 5.17. The third kappa shape index (κ3) is 1.89. The highest BCUT2D eigenvalue weighted by Gasteiger charge is 2.34. The van der Waals surface area contributed by atoms with Gasteiger partial charge in [0.2, 0.25) is 0 Å². The van der Waals surface area contributed by atoms with Crippen LogP contribution in [0.1, 0.15) is 29.6 Å². The van der Waals surface area contributed by atoms with Crippen molar-refractivity contribution in [3.63, 3.8) is 0 Å². The first-order chi connectivity index (χ1) is 9.81. The molecule has 5 heteroatoms. The van der Waals surface area contributed by atoms with Crippen LogP contribution in [0.3, 0.4) is 0 Å². The second-order valence-electron chi connectivity index (χ2n) is 5.71. The van der Waals surface area contributed by atoms with E-state index in [-0.39, 0.29) is 12.1 Å². The van der Waals surface area contributed by atoms with Gasteiger partial charge in [0, 0.05) is 13.1 Å². The summed E-state index contributed by atoms with van der Waals surface area (Å²) < 4.78 is 5.25. The zero-order valence-electron chi connectivity index (χ0n) is 11.2. The van der Waals surface area contributed by atoms with Gasteiger partial charge in [-0.15, -0.1) is 0 Å². The Balaban J connectivity index is 1.57. The van der Waals surface area contributed by atoms with Crippen LogP contribution in [0.5, 0.6) is 0 Å². The molecule has 4 heterocycles. The van der Waals surface area contributed by atoms with E-state index in [9.17, 15) is 4.79 Å². The van der Waals surface area contributed by atoms with Gasteiger partial charge in [-0.2, -0.15) is 0 Å². The van der Waals surface area contributed by atoms with Gasteiger partial charge >= 0.3 is 0 Å². The number of carbonyl (C=O) groups excluding carboxylic acids is 1. The minimum atomic E-state index is -0.0537. The molecule has 1 aromatic heterocycles. The lowest BCUT2D eigenvalue weighted by Crippen LogP contribution is -2.56. The van der Waals surface area contributed by atoms with E-state index in [4.69, 9.17) is 4.42 Å². The van der Waals surface area contributed by atoms with E-state index in [1.165, 1.54) is 19.2 Å². The molecule has 3 fully saturated rings. The molecule has 3 saturated heterocycles. The first kappa shape index (κ1) is 11.9. The average Bonchev–Trinajstić information content (AvgIpc) is 2.96. The predicted octanol–water partition coefficient (Wildman–Crippen LogP) is 2.00. The van der Waals surface area contributed by atoms with Crippen molar-refractivity contribution in [1.82, 2.24) is 15.2 Å². The summed E-state index contributed by atoms with van der Waals surface area (Å²) in [6, 6.07) is 5.46. The Labute approximate surface area is 117 Å². The lowest BCUT2D eigenvalue weighted by atomic mass is 9.86. The minimum absolute atomic E-state index is 0.0537. The maximum absolute atomic E-state index is 12.5. The summed E-state index contributed by atoms with van der Waals surface area (Å²) in [5.41, 5.74) is 1.89. The van der Waals surface area contributed by atoms with Crippen molar-refractivity contribution in [1.29, 1.82) is 0 Å². The number of hydrogen-bond donors (Lipinski definition) is 1. The number of aromatic nitrogens is 1. The van der Waals surface area contributed by atoms with Crippen LogP contribution in [0.2, 0.25) is 0 Å². The molecule has 1 N–H and O–H groups in total. The zero-order valence-corrected chi connectivity index (χ0v) is 11.2. The van der Waals surface area contributed by atoms with Gasteiger partial charge in [0.15, 0.2) is 12.0 Å². The number of amides is 1. The summed E-state index contributed by atoms with van der Waals surface area (Å²) in [5.74, 6) is 0.718. The van der Waals surface area contributed by atoms with Crippen LogP contribution in [0.15, 0.2) is 29.0 Å². The van der Waals surface area contributed by atoms with Crippen molar-refractivity contribution in [2.75, 3.05) is 13.1 Å². The smallest absolute Gasteiger partial charge is 0.254 e. The van der Waals surface area contributed by atoms with Crippen LogP contribution in [-0.2, 0) is 0 Å². The van der Waals surface area contributed by atoms with E-state index in [0.717, 1.165) is 25.4 Å². The van der Waals surface area contributed by atoms with Gasteiger partial charge in [0.05, 0.1) is 11.7 Å². The van der Waals surface area contributed by atoms with Gasteiger partial charge in [0.25, 0.3) is 5.91 Å². The number of para-hydroxylation sites is 1. The lowest BCUT2D eigenvalue weighted by molar-refractivity contribution is 0.0295. The number of hydrogen-bond acceptors (Lipinski definition) is 4. The van der Waals surface area contributed by atoms with Gasteiger partial charge in [0.1, 0.15) is 5.52 Å². The van der Waals surface area contributed by atoms with Crippen molar-refractivity contribution >= 4 is 17.0 Å². The Morgan fingerprint density at radius 1 is 1.35 bits per heavy atom. The lowest BCUT2D eigenvalue weighted by Gasteiger charge is -2.45. The minimum Gasteiger partial charge on any atom is -0.443 e. The fourth-order valence-electron chi connectivity index (χ4n) is 3.41. The fraction of sp³-hybridized carbons (Fsp3) is 0.467. The highest BCUT2D eigenvalue weighted by atomic mass is 16.3. The van der Waals surface area contributed by atoms with Gasteiger partial charge in [-0.1, -0.05) is 6.07 Å². The van der Waals surface area contributed by atoms with Crippen LogP contribution in [0.4, 0.5) is 0 Å². The molecular formula is C15H17N3O2. The molecule has 1 atom stereocenters. The molecular weight excluding hydrogens is 254 g/mol. The molecule has 104 valence electrons. The predicted molar refractivity (Wildman–Crippen MR) is 74.2 cm³/mol. The SMILES string of the molecule is O=C(NC1CC2CCN1CC2)c1cccc2ocnc12.